The SMILES string of the molecule is CCN(CC(=O)NCc1ccc(F)cc1)C[C@@H](O)COCc1cccc(OC)c1. The van der Waals surface area contributed by atoms with E-state index in [4.69, 9.17) is 9.47 Å². The van der Waals surface area contributed by atoms with E-state index >= 15 is 0 Å². The van der Waals surface area contributed by atoms with Gasteiger partial charge in [-0.2, -0.15) is 0 Å². The van der Waals surface area contributed by atoms with Crippen LogP contribution in [0, 0.1) is 5.82 Å². The highest BCUT2D eigenvalue weighted by molar-refractivity contribution is 5.78. The summed E-state index contributed by atoms with van der Waals surface area (Å²) in [7, 11) is 1.61. The highest BCUT2D eigenvalue weighted by Gasteiger charge is 2.14. The van der Waals surface area contributed by atoms with Crippen molar-refractivity contribution in [1.82, 2.24) is 10.2 Å². The molecule has 7 heteroatoms. The minimum atomic E-state index is -0.703. The molecule has 0 unspecified atom stereocenters. The number of carbonyl (C=O) groups excluding carboxylic acids is 1. The molecule has 2 rings (SSSR count). The molecule has 158 valence electrons. The standard InChI is InChI=1S/C22H29FN2O4/c1-3-25(14-22(27)24-12-17-7-9-19(23)10-8-17)13-20(26)16-29-15-18-5-4-6-21(11-18)28-2/h4-11,20,26H,3,12-16H2,1-2H3,(H,24,27)/t20-/m1/s1. The maximum Gasteiger partial charge on any atom is 0.234 e. The molecule has 6 nitrogen and oxygen atoms in total. The van der Waals surface area contributed by atoms with Crippen LogP contribution in [-0.2, 0) is 22.7 Å². The summed E-state index contributed by atoms with van der Waals surface area (Å²) in [6.07, 6.45) is -0.703. The molecular formula is C22H29FN2O4. The molecule has 2 aromatic carbocycles. The van der Waals surface area contributed by atoms with Gasteiger partial charge in [-0.15, -0.1) is 0 Å². The Bertz CT molecular complexity index is 755. The Kier molecular flexibility index (Phi) is 9.56. The molecule has 0 aromatic heterocycles. The Morgan fingerprint density at radius 1 is 1.21 bits per heavy atom. The van der Waals surface area contributed by atoms with Crippen LogP contribution in [0.3, 0.4) is 0 Å². The Morgan fingerprint density at radius 2 is 1.97 bits per heavy atom. The number of halogens is 1. The summed E-state index contributed by atoms with van der Waals surface area (Å²) in [5.41, 5.74) is 1.79. The number of carbonyl (C=O) groups is 1. The quantitative estimate of drug-likeness (QED) is 0.568. The molecule has 0 heterocycles. The molecule has 29 heavy (non-hydrogen) atoms. The Labute approximate surface area is 171 Å². The molecule has 2 aromatic rings. The largest absolute Gasteiger partial charge is 0.497 e. The monoisotopic (exact) mass is 404 g/mol. The Morgan fingerprint density at radius 3 is 2.66 bits per heavy atom. The van der Waals surface area contributed by atoms with Crippen LogP contribution in [0.4, 0.5) is 4.39 Å². The lowest BCUT2D eigenvalue weighted by atomic mass is 10.2. The topological polar surface area (TPSA) is 71.0 Å². The second-order valence-electron chi connectivity index (χ2n) is 6.75. The molecule has 0 saturated heterocycles. The molecule has 0 aliphatic carbocycles. The Balaban J connectivity index is 1.69. The average Bonchev–Trinajstić information content (AvgIpc) is 2.73. The molecular weight excluding hydrogens is 375 g/mol. The van der Waals surface area contributed by atoms with Gasteiger partial charge in [0.2, 0.25) is 5.91 Å². The lowest BCUT2D eigenvalue weighted by Crippen LogP contribution is -2.41. The fraction of sp³-hybridized carbons (Fsp3) is 0.409. The molecule has 1 atom stereocenters. The summed E-state index contributed by atoms with van der Waals surface area (Å²) >= 11 is 0. The van der Waals surface area contributed by atoms with Crippen molar-refractivity contribution in [3.63, 3.8) is 0 Å². The highest BCUT2D eigenvalue weighted by Crippen LogP contribution is 2.13. The van der Waals surface area contributed by atoms with E-state index in [-0.39, 0.29) is 24.9 Å². The van der Waals surface area contributed by atoms with Gasteiger partial charge in [0.25, 0.3) is 0 Å². The zero-order valence-electron chi connectivity index (χ0n) is 16.9. The molecule has 2 N–H and O–H groups in total. The summed E-state index contributed by atoms with van der Waals surface area (Å²) < 4.78 is 23.7. The fourth-order valence-corrected chi connectivity index (χ4v) is 2.79. The van der Waals surface area contributed by atoms with Crippen LogP contribution in [0.25, 0.3) is 0 Å². The van der Waals surface area contributed by atoms with Crippen molar-refractivity contribution in [3.8, 4) is 5.75 Å². The first-order valence-corrected chi connectivity index (χ1v) is 9.62. The lowest BCUT2D eigenvalue weighted by Gasteiger charge is -2.23. The normalized spacial score (nSPS) is 12.0. The van der Waals surface area contributed by atoms with Gasteiger partial charge in [-0.05, 0) is 41.9 Å². The number of nitrogens with one attached hydrogen (secondary N) is 1. The van der Waals surface area contributed by atoms with Crippen molar-refractivity contribution < 1.29 is 23.8 Å². The van der Waals surface area contributed by atoms with Crippen molar-refractivity contribution in [3.05, 3.63) is 65.5 Å². The van der Waals surface area contributed by atoms with E-state index in [0.29, 0.717) is 26.2 Å². The zero-order chi connectivity index (χ0) is 21.1. The second-order valence-corrected chi connectivity index (χ2v) is 6.75. The molecule has 0 radical (unpaired) electrons. The lowest BCUT2D eigenvalue weighted by molar-refractivity contribution is -0.122. The fourth-order valence-electron chi connectivity index (χ4n) is 2.79. The number of amides is 1. The van der Waals surface area contributed by atoms with Gasteiger partial charge < -0.3 is 19.9 Å². The van der Waals surface area contributed by atoms with Gasteiger partial charge in [0.05, 0.1) is 33.0 Å². The summed E-state index contributed by atoms with van der Waals surface area (Å²) in [5, 5.41) is 13.0. The third kappa shape index (κ3) is 8.60. The minimum absolute atomic E-state index is 0.152. The van der Waals surface area contributed by atoms with Crippen LogP contribution < -0.4 is 10.1 Å². The van der Waals surface area contributed by atoms with Gasteiger partial charge in [0, 0.05) is 13.1 Å². The van der Waals surface area contributed by atoms with E-state index in [2.05, 4.69) is 5.32 Å². The van der Waals surface area contributed by atoms with Crippen LogP contribution in [-0.4, -0.2) is 55.4 Å². The van der Waals surface area contributed by atoms with Crippen molar-refractivity contribution in [2.75, 3.05) is 33.4 Å². The smallest absolute Gasteiger partial charge is 0.234 e. The zero-order valence-corrected chi connectivity index (χ0v) is 16.9. The van der Waals surface area contributed by atoms with E-state index < -0.39 is 6.10 Å². The summed E-state index contributed by atoms with van der Waals surface area (Å²) in [6.45, 7) is 3.93. The maximum absolute atomic E-state index is 12.9. The minimum Gasteiger partial charge on any atom is -0.497 e. The number of hydrogen-bond donors (Lipinski definition) is 2. The van der Waals surface area contributed by atoms with E-state index in [1.54, 1.807) is 19.2 Å². The van der Waals surface area contributed by atoms with Crippen molar-refractivity contribution in [2.24, 2.45) is 0 Å². The first kappa shape index (κ1) is 22.8. The highest BCUT2D eigenvalue weighted by atomic mass is 19.1. The molecule has 0 fully saturated rings. The summed E-state index contributed by atoms with van der Waals surface area (Å²) in [4.78, 5) is 14.0. The van der Waals surface area contributed by atoms with Crippen LogP contribution in [0.15, 0.2) is 48.5 Å². The molecule has 0 bridgehead atoms. The molecule has 0 saturated carbocycles. The second kappa shape index (κ2) is 12.2. The summed E-state index contributed by atoms with van der Waals surface area (Å²) in [6, 6.07) is 13.6. The number of rotatable bonds is 12. The number of ether oxygens (including phenoxy) is 2. The van der Waals surface area contributed by atoms with Gasteiger partial charge in [-0.25, -0.2) is 4.39 Å². The summed E-state index contributed by atoms with van der Waals surface area (Å²) in [5.74, 6) is 0.302. The number of methoxy groups -OCH3 is 1. The third-order valence-corrected chi connectivity index (χ3v) is 4.40. The molecule has 0 spiro atoms. The Hall–Kier alpha value is -2.48. The number of nitrogens with zero attached hydrogens (tertiary/aromatic N) is 1. The molecule has 1 amide bonds. The van der Waals surface area contributed by atoms with Gasteiger partial charge >= 0.3 is 0 Å². The van der Waals surface area contributed by atoms with E-state index in [0.717, 1.165) is 16.9 Å². The van der Waals surface area contributed by atoms with Gasteiger partial charge in [-0.3, -0.25) is 9.69 Å². The third-order valence-electron chi connectivity index (χ3n) is 4.40. The first-order chi connectivity index (χ1) is 14.0. The number of hydrogen-bond acceptors (Lipinski definition) is 5. The average molecular weight is 404 g/mol. The van der Waals surface area contributed by atoms with Crippen molar-refractivity contribution in [2.45, 2.75) is 26.2 Å². The van der Waals surface area contributed by atoms with Gasteiger partial charge in [-0.1, -0.05) is 31.2 Å². The van der Waals surface area contributed by atoms with Crippen LogP contribution in [0.2, 0.25) is 0 Å². The van der Waals surface area contributed by atoms with Crippen LogP contribution in [0.1, 0.15) is 18.1 Å². The van der Waals surface area contributed by atoms with Crippen LogP contribution in [0.5, 0.6) is 5.75 Å². The van der Waals surface area contributed by atoms with E-state index in [1.807, 2.05) is 36.1 Å². The first-order valence-electron chi connectivity index (χ1n) is 9.62. The van der Waals surface area contributed by atoms with E-state index in [1.165, 1.54) is 12.1 Å². The molecule has 0 aliphatic rings. The molecule has 0 aliphatic heterocycles. The number of aliphatic hydroxyl groups is 1. The van der Waals surface area contributed by atoms with Gasteiger partial charge in [0.15, 0.2) is 0 Å². The van der Waals surface area contributed by atoms with Gasteiger partial charge in [0.1, 0.15) is 11.6 Å². The number of likely N-dealkylation sites (N-methyl/N-ethyl adjacent to an activating group) is 1. The van der Waals surface area contributed by atoms with E-state index in [9.17, 15) is 14.3 Å². The predicted octanol–water partition coefficient (Wildman–Crippen LogP) is 2.35. The number of benzene rings is 2. The maximum atomic E-state index is 12.9. The van der Waals surface area contributed by atoms with Crippen molar-refractivity contribution in [1.29, 1.82) is 0 Å². The predicted molar refractivity (Wildman–Crippen MR) is 109 cm³/mol. The van der Waals surface area contributed by atoms with Crippen molar-refractivity contribution >= 4 is 5.91 Å². The van der Waals surface area contributed by atoms with Crippen LogP contribution >= 0.6 is 0 Å². The number of aliphatic hydroxyl groups excluding tert-OH is 1.